The molecule has 2 aliphatic heterocycles. The lowest BCUT2D eigenvalue weighted by Crippen LogP contribution is -2.49. The maximum Gasteiger partial charge on any atom is 0.408 e. The molecular weight excluding hydrogens is 291 g/mol. The van der Waals surface area contributed by atoms with Gasteiger partial charge in [-0.15, -0.1) is 0 Å². The summed E-state index contributed by atoms with van der Waals surface area (Å²) in [5, 5.41) is 4.01. The van der Waals surface area contributed by atoms with Crippen LogP contribution >= 0.6 is 0 Å². The van der Waals surface area contributed by atoms with Crippen LogP contribution < -0.4 is 4.74 Å². The normalized spacial score (nSPS) is 22.6. The molecule has 0 spiro atoms. The Labute approximate surface area is 118 Å². The van der Waals surface area contributed by atoms with Gasteiger partial charge in [0.05, 0.1) is 13.2 Å². The quantitative estimate of drug-likeness (QED) is 0.779. The van der Waals surface area contributed by atoms with Gasteiger partial charge in [-0.25, -0.2) is 4.68 Å². The minimum atomic E-state index is -4.48. The van der Waals surface area contributed by atoms with Gasteiger partial charge >= 0.3 is 6.18 Å². The molecule has 1 fully saturated rings. The summed E-state index contributed by atoms with van der Waals surface area (Å²) in [5.41, 5.74) is -0.0270. The van der Waals surface area contributed by atoms with Gasteiger partial charge < -0.3 is 14.4 Å². The summed E-state index contributed by atoms with van der Waals surface area (Å²) in [6, 6.07) is -0.459. The number of halogens is 3. The van der Waals surface area contributed by atoms with Crippen molar-refractivity contribution in [1.82, 2.24) is 14.7 Å². The average molecular weight is 305 g/mol. The van der Waals surface area contributed by atoms with E-state index in [1.165, 1.54) is 10.7 Å². The number of fused-ring (bicyclic) bond motifs is 1. The molecule has 21 heavy (non-hydrogen) atoms. The van der Waals surface area contributed by atoms with Crippen LogP contribution in [0.3, 0.4) is 0 Å². The molecule has 0 radical (unpaired) electrons. The molecule has 1 aromatic rings. The Balaban J connectivity index is 1.85. The second-order valence-electron chi connectivity index (χ2n) is 4.90. The molecule has 0 aromatic carbocycles. The lowest BCUT2D eigenvalue weighted by Gasteiger charge is -2.30. The Morgan fingerprint density at radius 2 is 2.10 bits per heavy atom. The van der Waals surface area contributed by atoms with Crippen LogP contribution in [0.2, 0.25) is 0 Å². The average Bonchev–Trinajstić information content (AvgIpc) is 2.89. The van der Waals surface area contributed by atoms with E-state index in [2.05, 4.69) is 5.10 Å². The molecule has 2 aliphatic rings. The van der Waals surface area contributed by atoms with Crippen LogP contribution in [0, 0.1) is 0 Å². The zero-order valence-electron chi connectivity index (χ0n) is 11.1. The van der Waals surface area contributed by atoms with Crippen molar-refractivity contribution in [1.29, 1.82) is 0 Å². The largest absolute Gasteiger partial charge is 0.476 e. The lowest BCUT2D eigenvalue weighted by atomic mass is 10.1. The zero-order chi connectivity index (χ0) is 15.0. The highest BCUT2D eigenvalue weighted by Gasteiger charge is 2.46. The molecule has 1 atom stereocenters. The van der Waals surface area contributed by atoms with E-state index in [0.29, 0.717) is 19.0 Å². The lowest BCUT2D eigenvalue weighted by molar-refractivity contribution is -0.176. The number of alkyl halides is 3. The second-order valence-corrected chi connectivity index (χ2v) is 4.90. The molecule has 6 nitrogen and oxygen atoms in total. The number of hydrogen-bond acceptors (Lipinski definition) is 4. The van der Waals surface area contributed by atoms with Crippen molar-refractivity contribution in [3.8, 4) is 5.88 Å². The Hall–Kier alpha value is -1.77. The fourth-order valence-electron chi connectivity index (χ4n) is 2.52. The summed E-state index contributed by atoms with van der Waals surface area (Å²) >= 11 is 0. The summed E-state index contributed by atoms with van der Waals surface area (Å²) in [7, 11) is 0. The Kier molecular flexibility index (Phi) is 3.52. The topological polar surface area (TPSA) is 56.6 Å². The summed E-state index contributed by atoms with van der Waals surface area (Å²) in [6.07, 6.45) is -4.75. The molecular formula is C12H14F3N3O3. The first-order valence-corrected chi connectivity index (χ1v) is 6.63. The Morgan fingerprint density at radius 3 is 2.81 bits per heavy atom. The summed E-state index contributed by atoms with van der Waals surface area (Å²) < 4.78 is 51.1. The predicted octanol–water partition coefficient (Wildman–Crippen LogP) is 1.07. The second kappa shape index (κ2) is 5.21. The highest BCUT2D eigenvalue weighted by molar-refractivity contribution is 5.93. The van der Waals surface area contributed by atoms with Crippen LogP contribution in [0.5, 0.6) is 5.88 Å². The summed E-state index contributed by atoms with van der Waals surface area (Å²) in [5.74, 6) is -0.332. The van der Waals surface area contributed by atoms with Gasteiger partial charge in [-0.2, -0.15) is 18.3 Å². The van der Waals surface area contributed by atoms with Gasteiger partial charge in [-0.05, 0) is 6.42 Å². The Bertz CT molecular complexity index is 522. The van der Waals surface area contributed by atoms with Gasteiger partial charge in [0.1, 0.15) is 12.6 Å². The number of hydrogen-bond donors (Lipinski definition) is 0. The third-order valence-electron chi connectivity index (χ3n) is 3.54. The summed E-state index contributed by atoms with van der Waals surface area (Å²) in [6.45, 7) is 0.916. The van der Waals surface area contributed by atoms with Crippen molar-refractivity contribution in [2.24, 2.45) is 0 Å². The van der Waals surface area contributed by atoms with E-state index in [-0.39, 0.29) is 31.9 Å². The summed E-state index contributed by atoms with van der Waals surface area (Å²) in [4.78, 5) is 13.2. The first-order valence-electron chi connectivity index (χ1n) is 6.63. The number of carbonyl (C=O) groups excluding carboxylic acids is 1. The molecule has 3 heterocycles. The van der Waals surface area contributed by atoms with Gasteiger partial charge in [-0.1, -0.05) is 0 Å². The van der Waals surface area contributed by atoms with Gasteiger partial charge in [0.25, 0.3) is 5.91 Å². The maximum atomic E-state index is 13.1. The van der Waals surface area contributed by atoms with Crippen LogP contribution in [0.25, 0.3) is 0 Å². The number of amides is 1. The van der Waals surface area contributed by atoms with Crippen LogP contribution in [-0.2, 0) is 11.3 Å². The molecule has 0 saturated carbocycles. The predicted molar refractivity (Wildman–Crippen MR) is 64.0 cm³/mol. The third kappa shape index (κ3) is 2.69. The van der Waals surface area contributed by atoms with Crippen molar-refractivity contribution in [3.63, 3.8) is 0 Å². The smallest absolute Gasteiger partial charge is 0.408 e. The van der Waals surface area contributed by atoms with E-state index in [1.807, 2.05) is 0 Å². The molecule has 0 bridgehead atoms. The van der Waals surface area contributed by atoms with Crippen molar-refractivity contribution in [2.75, 3.05) is 26.4 Å². The number of aromatic nitrogens is 2. The van der Waals surface area contributed by atoms with E-state index in [1.54, 1.807) is 0 Å². The van der Waals surface area contributed by atoms with Crippen LogP contribution in [0.15, 0.2) is 6.07 Å². The first kappa shape index (κ1) is 14.2. The van der Waals surface area contributed by atoms with Gasteiger partial charge in [0.2, 0.25) is 5.88 Å². The number of ether oxygens (including phenoxy) is 2. The van der Waals surface area contributed by atoms with Crippen LogP contribution in [-0.4, -0.2) is 59.2 Å². The van der Waals surface area contributed by atoms with E-state index in [9.17, 15) is 18.0 Å². The minimum absolute atomic E-state index is 0.0171. The monoisotopic (exact) mass is 305 g/mol. The SMILES string of the molecule is O=C(c1cc2n(n1)CCO2)N1CCOCCC1C(F)(F)F. The van der Waals surface area contributed by atoms with E-state index in [0.717, 1.165) is 4.90 Å². The fourth-order valence-corrected chi connectivity index (χ4v) is 2.52. The zero-order valence-corrected chi connectivity index (χ0v) is 11.1. The van der Waals surface area contributed by atoms with Crippen molar-refractivity contribution < 1.29 is 27.4 Å². The molecule has 9 heteroatoms. The molecule has 0 aliphatic carbocycles. The molecule has 1 saturated heterocycles. The maximum absolute atomic E-state index is 13.1. The molecule has 3 rings (SSSR count). The van der Waals surface area contributed by atoms with Crippen molar-refractivity contribution in [3.05, 3.63) is 11.8 Å². The standard InChI is InChI=1S/C12H14F3N3O3/c13-12(14,15)9-1-4-20-5-2-17(9)11(19)8-7-10-18(16-8)3-6-21-10/h7,9H,1-6H2. The first-order chi connectivity index (χ1) is 9.97. The number of carbonyl (C=O) groups is 1. The molecule has 1 amide bonds. The van der Waals surface area contributed by atoms with Crippen LogP contribution in [0.4, 0.5) is 13.2 Å². The molecule has 116 valence electrons. The van der Waals surface area contributed by atoms with E-state index >= 15 is 0 Å². The van der Waals surface area contributed by atoms with Crippen LogP contribution in [0.1, 0.15) is 16.9 Å². The number of nitrogens with zero attached hydrogens (tertiary/aromatic N) is 3. The minimum Gasteiger partial charge on any atom is -0.476 e. The molecule has 1 unspecified atom stereocenters. The third-order valence-corrected chi connectivity index (χ3v) is 3.54. The van der Waals surface area contributed by atoms with Gasteiger partial charge in [0, 0.05) is 19.2 Å². The highest BCUT2D eigenvalue weighted by Crippen LogP contribution is 2.30. The van der Waals surface area contributed by atoms with Crippen molar-refractivity contribution in [2.45, 2.75) is 25.2 Å². The fraction of sp³-hybridized carbons (Fsp3) is 0.667. The van der Waals surface area contributed by atoms with Crippen molar-refractivity contribution >= 4 is 5.91 Å². The molecule has 0 N–H and O–H groups in total. The molecule has 1 aromatic heterocycles. The van der Waals surface area contributed by atoms with E-state index < -0.39 is 18.1 Å². The number of rotatable bonds is 1. The van der Waals surface area contributed by atoms with E-state index in [4.69, 9.17) is 9.47 Å². The van der Waals surface area contributed by atoms with Gasteiger partial charge in [-0.3, -0.25) is 4.79 Å². The van der Waals surface area contributed by atoms with Gasteiger partial charge in [0.15, 0.2) is 5.69 Å². The highest BCUT2D eigenvalue weighted by atomic mass is 19.4. The Morgan fingerprint density at radius 1 is 1.29 bits per heavy atom.